The van der Waals surface area contributed by atoms with Gasteiger partial charge in [0, 0.05) is 7.05 Å². The Morgan fingerprint density at radius 1 is 1.38 bits per heavy atom. The standard InChI is InChI=1S/C6H10N4O2S/c1-10(13(2,11)12)6-4-3-5(7)8-9-6/h3-4H,1-2H3,(H2,7,8). The molecule has 13 heavy (non-hydrogen) atoms. The molecule has 0 saturated carbocycles. The summed E-state index contributed by atoms with van der Waals surface area (Å²) < 4.78 is 23.1. The molecule has 0 aliphatic carbocycles. The molecule has 2 N–H and O–H groups in total. The maximum absolute atomic E-state index is 11.0. The average molecular weight is 202 g/mol. The highest BCUT2D eigenvalue weighted by molar-refractivity contribution is 7.92. The molecule has 0 bridgehead atoms. The van der Waals surface area contributed by atoms with Crippen LogP contribution in [-0.2, 0) is 10.0 Å². The molecule has 0 spiro atoms. The molecule has 72 valence electrons. The summed E-state index contributed by atoms with van der Waals surface area (Å²) in [6.07, 6.45) is 1.09. The topological polar surface area (TPSA) is 89.2 Å². The highest BCUT2D eigenvalue weighted by atomic mass is 32.2. The number of hydrogen-bond acceptors (Lipinski definition) is 5. The van der Waals surface area contributed by atoms with Gasteiger partial charge in [-0.25, -0.2) is 8.42 Å². The molecule has 0 atom stereocenters. The van der Waals surface area contributed by atoms with Crippen molar-refractivity contribution in [2.45, 2.75) is 0 Å². The Morgan fingerprint density at radius 3 is 2.38 bits per heavy atom. The van der Waals surface area contributed by atoms with Crippen LogP contribution in [-0.4, -0.2) is 31.9 Å². The van der Waals surface area contributed by atoms with E-state index in [0.29, 0.717) is 0 Å². The molecule has 1 aromatic rings. The van der Waals surface area contributed by atoms with Gasteiger partial charge in [0.1, 0.15) is 5.82 Å². The van der Waals surface area contributed by atoms with Crippen LogP contribution in [0.5, 0.6) is 0 Å². The zero-order valence-electron chi connectivity index (χ0n) is 7.30. The normalized spacial score (nSPS) is 11.2. The minimum atomic E-state index is -3.28. The van der Waals surface area contributed by atoms with E-state index in [0.717, 1.165) is 10.6 Å². The SMILES string of the molecule is CN(c1ccc(N)nn1)S(C)(=O)=O. The number of sulfonamides is 1. The Hall–Kier alpha value is -1.37. The Balaban J connectivity index is 3.04. The van der Waals surface area contributed by atoms with E-state index < -0.39 is 10.0 Å². The van der Waals surface area contributed by atoms with Crippen LogP contribution in [0.3, 0.4) is 0 Å². The predicted octanol–water partition coefficient (Wildman–Crippen LogP) is -0.545. The third-order valence-corrected chi connectivity index (χ3v) is 2.67. The quantitative estimate of drug-likeness (QED) is 0.695. The third kappa shape index (κ3) is 2.28. The maximum atomic E-state index is 11.0. The number of nitrogens with two attached hydrogens (primary N) is 1. The fourth-order valence-electron chi connectivity index (χ4n) is 0.673. The minimum Gasteiger partial charge on any atom is -0.382 e. The van der Waals surface area contributed by atoms with Crippen LogP contribution in [0.1, 0.15) is 0 Å². The van der Waals surface area contributed by atoms with Gasteiger partial charge in [-0.2, -0.15) is 0 Å². The van der Waals surface area contributed by atoms with Crippen molar-refractivity contribution in [3.8, 4) is 0 Å². The Bertz CT molecular complexity index is 386. The zero-order chi connectivity index (χ0) is 10.1. The molecule has 1 rings (SSSR count). The van der Waals surface area contributed by atoms with Crippen molar-refractivity contribution < 1.29 is 8.42 Å². The number of nitrogens with zero attached hydrogens (tertiary/aromatic N) is 3. The molecule has 0 aliphatic heterocycles. The largest absolute Gasteiger partial charge is 0.382 e. The Labute approximate surface area is 76.4 Å². The second-order valence-corrected chi connectivity index (χ2v) is 4.56. The van der Waals surface area contributed by atoms with Crippen LogP contribution in [0.15, 0.2) is 12.1 Å². The second-order valence-electron chi connectivity index (χ2n) is 2.55. The van der Waals surface area contributed by atoms with Gasteiger partial charge in [0.05, 0.1) is 6.26 Å². The summed E-state index contributed by atoms with van der Waals surface area (Å²) in [4.78, 5) is 0. The first-order chi connectivity index (χ1) is 5.91. The molecule has 0 saturated heterocycles. The van der Waals surface area contributed by atoms with Crippen LogP contribution < -0.4 is 10.0 Å². The van der Waals surface area contributed by atoms with Crippen molar-refractivity contribution in [2.24, 2.45) is 0 Å². The van der Waals surface area contributed by atoms with E-state index in [9.17, 15) is 8.42 Å². The lowest BCUT2D eigenvalue weighted by Gasteiger charge is -2.13. The van der Waals surface area contributed by atoms with Crippen molar-refractivity contribution in [1.29, 1.82) is 0 Å². The zero-order valence-corrected chi connectivity index (χ0v) is 8.11. The van der Waals surface area contributed by atoms with Gasteiger partial charge in [-0.15, -0.1) is 10.2 Å². The summed E-state index contributed by atoms with van der Waals surface area (Å²) in [5.74, 6) is 0.502. The first-order valence-corrected chi connectivity index (χ1v) is 5.29. The van der Waals surface area contributed by atoms with Gasteiger partial charge < -0.3 is 5.73 Å². The lowest BCUT2D eigenvalue weighted by molar-refractivity contribution is 0.599. The smallest absolute Gasteiger partial charge is 0.233 e. The highest BCUT2D eigenvalue weighted by Gasteiger charge is 2.12. The molecule has 0 aromatic carbocycles. The summed E-state index contributed by atoms with van der Waals surface area (Å²) in [6, 6.07) is 2.98. The van der Waals surface area contributed by atoms with E-state index in [1.165, 1.54) is 19.2 Å². The van der Waals surface area contributed by atoms with Gasteiger partial charge in [-0.3, -0.25) is 4.31 Å². The summed E-state index contributed by atoms with van der Waals surface area (Å²) in [5.41, 5.74) is 5.29. The molecule has 0 radical (unpaired) electrons. The lowest BCUT2D eigenvalue weighted by Crippen LogP contribution is -2.26. The minimum absolute atomic E-state index is 0.247. The number of nitrogen functional groups attached to an aromatic ring is 1. The van der Waals surface area contributed by atoms with E-state index in [1.807, 2.05) is 0 Å². The molecule has 0 amide bonds. The van der Waals surface area contributed by atoms with Gasteiger partial charge in [-0.1, -0.05) is 0 Å². The Morgan fingerprint density at radius 2 is 2.00 bits per heavy atom. The van der Waals surface area contributed by atoms with Crippen molar-refractivity contribution >= 4 is 21.7 Å². The van der Waals surface area contributed by atoms with Crippen molar-refractivity contribution in [2.75, 3.05) is 23.3 Å². The molecular weight excluding hydrogens is 192 g/mol. The molecule has 1 aromatic heterocycles. The Kier molecular flexibility index (Phi) is 2.37. The lowest BCUT2D eigenvalue weighted by atomic mass is 10.5. The van der Waals surface area contributed by atoms with E-state index in [1.54, 1.807) is 0 Å². The van der Waals surface area contributed by atoms with Gasteiger partial charge in [0.15, 0.2) is 5.82 Å². The van der Waals surface area contributed by atoms with Gasteiger partial charge in [0.2, 0.25) is 10.0 Å². The first kappa shape index (κ1) is 9.72. The van der Waals surface area contributed by atoms with E-state index in [4.69, 9.17) is 5.73 Å². The summed E-state index contributed by atoms with van der Waals surface area (Å²) in [7, 11) is -1.88. The molecule has 7 heteroatoms. The number of aromatic nitrogens is 2. The number of hydrogen-bond donors (Lipinski definition) is 1. The van der Waals surface area contributed by atoms with Gasteiger partial charge in [-0.05, 0) is 12.1 Å². The maximum Gasteiger partial charge on any atom is 0.233 e. The van der Waals surface area contributed by atoms with Crippen LogP contribution >= 0.6 is 0 Å². The monoisotopic (exact) mass is 202 g/mol. The summed E-state index contributed by atoms with van der Waals surface area (Å²) >= 11 is 0. The van der Waals surface area contributed by atoms with E-state index in [-0.39, 0.29) is 11.6 Å². The fraction of sp³-hybridized carbons (Fsp3) is 0.333. The van der Waals surface area contributed by atoms with Crippen LogP contribution in [0.25, 0.3) is 0 Å². The predicted molar refractivity (Wildman–Crippen MR) is 49.7 cm³/mol. The molecule has 0 aliphatic rings. The first-order valence-electron chi connectivity index (χ1n) is 3.44. The molecule has 0 fully saturated rings. The molecule has 1 heterocycles. The molecule has 0 unspecified atom stereocenters. The highest BCUT2D eigenvalue weighted by Crippen LogP contribution is 2.10. The van der Waals surface area contributed by atoms with Crippen molar-refractivity contribution in [3.63, 3.8) is 0 Å². The molecular formula is C6H10N4O2S. The van der Waals surface area contributed by atoms with Crippen molar-refractivity contribution in [3.05, 3.63) is 12.1 Å². The van der Waals surface area contributed by atoms with Crippen LogP contribution in [0.4, 0.5) is 11.6 Å². The van der Waals surface area contributed by atoms with Crippen LogP contribution in [0.2, 0.25) is 0 Å². The van der Waals surface area contributed by atoms with Gasteiger partial charge in [0.25, 0.3) is 0 Å². The summed E-state index contributed by atoms with van der Waals surface area (Å²) in [6.45, 7) is 0. The molecule has 6 nitrogen and oxygen atoms in total. The summed E-state index contributed by atoms with van der Waals surface area (Å²) in [5, 5.41) is 7.15. The fourth-order valence-corrected chi connectivity index (χ4v) is 1.11. The van der Waals surface area contributed by atoms with Crippen LogP contribution in [0, 0.1) is 0 Å². The average Bonchev–Trinajstić information content (AvgIpc) is 2.03. The third-order valence-electron chi connectivity index (χ3n) is 1.49. The van der Waals surface area contributed by atoms with E-state index >= 15 is 0 Å². The van der Waals surface area contributed by atoms with Gasteiger partial charge >= 0.3 is 0 Å². The second kappa shape index (κ2) is 3.17. The number of rotatable bonds is 2. The van der Waals surface area contributed by atoms with Crippen molar-refractivity contribution in [1.82, 2.24) is 10.2 Å². The number of anilines is 2. The van der Waals surface area contributed by atoms with E-state index in [2.05, 4.69) is 10.2 Å².